The van der Waals surface area contributed by atoms with Crippen LogP contribution in [0.15, 0.2) is 24.3 Å². The van der Waals surface area contributed by atoms with E-state index in [-0.39, 0.29) is 30.0 Å². The molecule has 0 saturated carbocycles. The van der Waals surface area contributed by atoms with Gasteiger partial charge in [-0.05, 0) is 37.5 Å². The van der Waals surface area contributed by atoms with E-state index in [1.54, 1.807) is 31.3 Å². The highest BCUT2D eigenvalue weighted by Crippen LogP contribution is 2.22. The summed E-state index contributed by atoms with van der Waals surface area (Å²) >= 11 is 0. The van der Waals surface area contributed by atoms with E-state index in [4.69, 9.17) is 0 Å². The third kappa shape index (κ3) is 5.02. The van der Waals surface area contributed by atoms with E-state index in [9.17, 15) is 18.0 Å². The molecule has 1 aromatic rings. The number of carbonyl (C=O) groups excluding carboxylic acids is 2. The normalized spacial score (nSPS) is 18.6. The zero-order valence-corrected chi connectivity index (χ0v) is 15.4. The number of carbonyl (C=O) groups is 2. The lowest BCUT2D eigenvalue weighted by molar-refractivity contribution is -0.120. The van der Waals surface area contributed by atoms with Gasteiger partial charge in [-0.25, -0.2) is 12.7 Å². The van der Waals surface area contributed by atoms with Crippen LogP contribution in [0.1, 0.15) is 36.5 Å². The van der Waals surface area contributed by atoms with Crippen LogP contribution >= 0.6 is 0 Å². The van der Waals surface area contributed by atoms with Crippen molar-refractivity contribution in [1.29, 1.82) is 0 Å². The summed E-state index contributed by atoms with van der Waals surface area (Å²) in [4.78, 5) is 24.2. The van der Waals surface area contributed by atoms with Crippen LogP contribution in [0.25, 0.3) is 0 Å². The molecule has 138 valence electrons. The Morgan fingerprint density at radius 1 is 1.32 bits per heavy atom. The summed E-state index contributed by atoms with van der Waals surface area (Å²) < 4.78 is 25.9. The molecule has 1 saturated heterocycles. The van der Waals surface area contributed by atoms with Gasteiger partial charge < -0.3 is 10.6 Å². The van der Waals surface area contributed by atoms with E-state index in [1.165, 1.54) is 4.31 Å². The predicted octanol–water partition coefficient (Wildman–Crippen LogP) is 1.44. The summed E-state index contributed by atoms with van der Waals surface area (Å²) in [5.74, 6) is -0.727. The molecule has 0 aromatic heterocycles. The molecule has 1 fully saturated rings. The van der Waals surface area contributed by atoms with Crippen LogP contribution in [0.3, 0.4) is 0 Å². The van der Waals surface area contributed by atoms with E-state index in [2.05, 4.69) is 10.6 Å². The molecule has 25 heavy (non-hydrogen) atoms. The molecular weight excluding hydrogens is 342 g/mol. The first-order valence-electron chi connectivity index (χ1n) is 8.48. The van der Waals surface area contributed by atoms with Crippen molar-refractivity contribution in [2.24, 2.45) is 5.92 Å². The number of sulfonamides is 1. The van der Waals surface area contributed by atoms with Crippen LogP contribution in [0.5, 0.6) is 0 Å². The number of rotatable bonds is 6. The second kappa shape index (κ2) is 8.44. The molecule has 0 bridgehead atoms. The smallest absolute Gasteiger partial charge is 0.251 e. The van der Waals surface area contributed by atoms with Crippen molar-refractivity contribution < 1.29 is 18.0 Å². The van der Waals surface area contributed by atoms with Gasteiger partial charge in [0.2, 0.25) is 15.9 Å². The highest BCUT2D eigenvalue weighted by molar-refractivity contribution is 7.89. The summed E-state index contributed by atoms with van der Waals surface area (Å²) in [6.45, 7) is 2.51. The van der Waals surface area contributed by atoms with Crippen LogP contribution in [0, 0.1) is 5.92 Å². The molecule has 1 aliphatic heterocycles. The highest BCUT2D eigenvalue weighted by atomic mass is 32.2. The molecule has 1 heterocycles. The molecule has 1 aliphatic rings. The molecule has 0 spiro atoms. The van der Waals surface area contributed by atoms with Gasteiger partial charge in [0.05, 0.1) is 11.7 Å². The van der Waals surface area contributed by atoms with Gasteiger partial charge in [-0.3, -0.25) is 9.59 Å². The van der Waals surface area contributed by atoms with E-state index in [0.717, 1.165) is 0 Å². The maximum Gasteiger partial charge on any atom is 0.251 e. The molecule has 1 atom stereocenters. The van der Waals surface area contributed by atoms with E-state index in [1.807, 2.05) is 6.92 Å². The van der Waals surface area contributed by atoms with Crippen molar-refractivity contribution in [1.82, 2.24) is 9.62 Å². The lowest BCUT2D eigenvalue weighted by Crippen LogP contribution is -2.44. The SMILES string of the molecule is CCCS(=O)(=O)N1CCCC(C(=O)Nc2cccc(C(=O)NC)c2)C1. The number of amides is 2. The van der Waals surface area contributed by atoms with Crippen LogP contribution in [0.2, 0.25) is 0 Å². The van der Waals surface area contributed by atoms with Crippen molar-refractivity contribution in [3.8, 4) is 0 Å². The minimum Gasteiger partial charge on any atom is -0.355 e. The van der Waals surface area contributed by atoms with Crippen LogP contribution < -0.4 is 10.6 Å². The second-order valence-electron chi connectivity index (χ2n) is 6.16. The lowest BCUT2D eigenvalue weighted by Gasteiger charge is -2.31. The molecule has 2 amide bonds. The van der Waals surface area contributed by atoms with Gasteiger partial charge in [-0.1, -0.05) is 13.0 Å². The zero-order chi connectivity index (χ0) is 18.4. The zero-order valence-electron chi connectivity index (χ0n) is 14.6. The standard InChI is InChI=1S/C17H25N3O4S/c1-3-10-25(23,24)20-9-5-7-14(12-20)17(22)19-15-8-4-6-13(11-15)16(21)18-2/h4,6,8,11,14H,3,5,7,9-10,12H2,1-2H3,(H,18,21)(H,19,22). The third-order valence-corrected chi connectivity index (χ3v) is 6.27. The first-order chi connectivity index (χ1) is 11.9. The topological polar surface area (TPSA) is 95.6 Å². The largest absolute Gasteiger partial charge is 0.355 e. The van der Waals surface area contributed by atoms with Crippen molar-refractivity contribution >= 4 is 27.5 Å². The Morgan fingerprint density at radius 3 is 2.76 bits per heavy atom. The van der Waals surface area contributed by atoms with E-state index < -0.39 is 10.0 Å². The Bertz CT molecular complexity index is 733. The number of nitrogens with one attached hydrogen (secondary N) is 2. The van der Waals surface area contributed by atoms with Gasteiger partial charge >= 0.3 is 0 Å². The van der Waals surface area contributed by atoms with Gasteiger partial charge in [-0.15, -0.1) is 0 Å². The number of hydrogen-bond donors (Lipinski definition) is 2. The Kier molecular flexibility index (Phi) is 6.55. The van der Waals surface area contributed by atoms with Gasteiger partial charge in [0.15, 0.2) is 0 Å². The average Bonchev–Trinajstić information content (AvgIpc) is 2.61. The monoisotopic (exact) mass is 367 g/mol. The highest BCUT2D eigenvalue weighted by Gasteiger charge is 2.31. The Hall–Kier alpha value is -1.93. The average molecular weight is 367 g/mol. The fourth-order valence-electron chi connectivity index (χ4n) is 2.92. The molecule has 7 nitrogen and oxygen atoms in total. The second-order valence-corrected chi connectivity index (χ2v) is 8.25. The Balaban J connectivity index is 2.04. The summed E-state index contributed by atoms with van der Waals surface area (Å²) in [7, 11) is -1.75. The van der Waals surface area contributed by atoms with Crippen LogP contribution in [-0.2, 0) is 14.8 Å². The third-order valence-electron chi connectivity index (χ3n) is 4.23. The lowest BCUT2D eigenvalue weighted by atomic mass is 9.98. The molecule has 0 aliphatic carbocycles. The molecule has 2 rings (SSSR count). The van der Waals surface area contributed by atoms with Crippen molar-refractivity contribution in [2.45, 2.75) is 26.2 Å². The number of nitrogens with zero attached hydrogens (tertiary/aromatic N) is 1. The molecule has 8 heteroatoms. The van der Waals surface area contributed by atoms with Crippen molar-refractivity contribution in [2.75, 3.05) is 31.2 Å². The summed E-state index contributed by atoms with van der Waals surface area (Å²) in [5.41, 5.74) is 0.982. The van der Waals surface area contributed by atoms with Gasteiger partial charge in [-0.2, -0.15) is 0 Å². The number of piperidine rings is 1. The van der Waals surface area contributed by atoms with Crippen LogP contribution in [0.4, 0.5) is 5.69 Å². The Morgan fingerprint density at radius 2 is 2.08 bits per heavy atom. The number of hydrogen-bond acceptors (Lipinski definition) is 4. The summed E-state index contributed by atoms with van der Waals surface area (Å²) in [5, 5.41) is 5.33. The summed E-state index contributed by atoms with van der Waals surface area (Å²) in [6.07, 6.45) is 1.88. The molecular formula is C17H25N3O4S. The Labute approximate surface area is 148 Å². The summed E-state index contributed by atoms with van der Waals surface area (Å²) in [6, 6.07) is 6.66. The molecule has 0 radical (unpaired) electrons. The maximum absolute atomic E-state index is 12.5. The fraction of sp³-hybridized carbons (Fsp3) is 0.529. The quantitative estimate of drug-likeness (QED) is 0.795. The molecule has 1 aromatic carbocycles. The van der Waals surface area contributed by atoms with Crippen LogP contribution in [-0.4, -0.2) is 50.4 Å². The van der Waals surface area contributed by atoms with Gasteiger partial charge in [0.1, 0.15) is 0 Å². The maximum atomic E-state index is 12.5. The van der Waals surface area contributed by atoms with E-state index in [0.29, 0.717) is 37.1 Å². The first kappa shape index (κ1) is 19.4. The minimum atomic E-state index is -3.29. The number of benzene rings is 1. The first-order valence-corrected chi connectivity index (χ1v) is 10.1. The molecule has 1 unspecified atom stereocenters. The van der Waals surface area contributed by atoms with E-state index >= 15 is 0 Å². The predicted molar refractivity (Wildman–Crippen MR) is 96.8 cm³/mol. The minimum absolute atomic E-state index is 0.107. The number of anilines is 1. The van der Waals surface area contributed by atoms with Crippen molar-refractivity contribution in [3.63, 3.8) is 0 Å². The van der Waals surface area contributed by atoms with Crippen molar-refractivity contribution in [3.05, 3.63) is 29.8 Å². The van der Waals surface area contributed by atoms with Gasteiger partial charge in [0.25, 0.3) is 5.91 Å². The fourth-order valence-corrected chi connectivity index (χ4v) is 4.51. The molecule has 2 N–H and O–H groups in total. The van der Waals surface area contributed by atoms with Gasteiger partial charge in [0, 0.05) is 31.4 Å².